The lowest BCUT2D eigenvalue weighted by molar-refractivity contribution is -0.120. The Hall–Kier alpha value is -1.85. The predicted molar refractivity (Wildman–Crippen MR) is 98.2 cm³/mol. The summed E-state index contributed by atoms with van der Waals surface area (Å²) in [6, 6.07) is 13.2. The Kier molecular flexibility index (Phi) is 7.28. The molecule has 0 fully saturated rings. The van der Waals surface area contributed by atoms with Gasteiger partial charge in [0.25, 0.3) is 0 Å². The summed E-state index contributed by atoms with van der Waals surface area (Å²) in [6.07, 6.45) is 0.453. The molecule has 0 radical (unpaired) electrons. The second-order valence-corrected chi connectivity index (χ2v) is 6.65. The fourth-order valence-electron chi connectivity index (χ4n) is 2.05. The van der Waals surface area contributed by atoms with E-state index in [1.807, 2.05) is 36.4 Å². The van der Waals surface area contributed by atoms with Gasteiger partial charge in [-0.2, -0.15) is 0 Å². The van der Waals surface area contributed by atoms with Gasteiger partial charge in [-0.15, -0.1) is 11.8 Å². The van der Waals surface area contributed by atoms with Gasteiger partial charge in [-0.3, -0.25) is 4.79 Å². The van der Waals surface area contributed by atoms with Crippen LogP contribution in [-0.2, 0) is 11.3 Å². The van der Waals surface area contributed by atoms with Gasteiger partial charge in [0.1, 0.15) is 11.5 Å². The van der Waals surface area contributed by atoms with E-state index >= 15 is 0 Å². The number of thioether (sulfide) groups is 1. The van der Waals surface area contributed by atoms with Crippen LogP contribution in [0.15, 0.2) is 47.4 Å². The zero-order chi connectivity index (χ0) is 17.4. The van der Waals surface area contributed by atoms with E-state index in [1.165, 1.54) is 0 Å². The average Bonchev–Trinajstić information content (AvgIpc) is 2.61. The lowest BCUT2D eigenvalue weighted by Gasteiger charge is -2.09. The molecule has 0 heterocycles. The molecule has 0 atom stereocenters. The molecule has 4 nitrogen and oxygen atoms in total. The molecule has 0 saturated heterocycles. The van der Waals surface area contributed by atoms with Crippen LogP contribution in [0.3, 0.4) is 0 Å². The highest BCUT2D eigenvalue weighted by Crippen LogP contribution is 2.23. The van der Waals surface area contributed by atoms with Gasteiger partial charge in [0.2, 0.25) is 5.91 Å². The van der Waals surface area contributed by atoms with Crippen LogP contribution in [0.25, 0.3) is 0 Å². The van der Waals surface area contributed by atoms with Gasteiger partial charge < -0.3 is 14.8 Å². The van der Waals surface area contributed by atoms with Crippen LogP contribution in [0.1, 0.15) is 12.0 Å². The second-order valence-electron chi connectivity index (χ2n) is 5.05. The molecule has 0 unspecified atom stereocenters. The van der Waals surface area contributed by atoms with E-state index in [4.69, 9.17) is 21.1 Å². The Labute approximate surface area is 151 Å². The number of halogens is 1. The number of nitrogens with one attached hydrogen (secondary N) is 1. The lowest BCUT2D eigenvalue weighted by Crippen LogP contribution is -2.23. The molecule has 0 aliphatic rings. The van der Waals surface area contributed by atoms with Crippen molar-refractivity contribution >= 4 is 29.3 Å². The van der Waals surface area contributed by atoms with E-state index in [0.717, 1.165) is 16.2 Å². The molecule has 1 N–H and O–H groups in total. The number of rotatable bonds is 8. The van der Waals surface area contributed by atoms with Crippen molar-refractivity contribution in [2.75, 3.05) is 20.0 Å². The first kappa shape index (κ1) is 18.5. The van der Waals surface area contributed by atoms with E-state index < -0.39 is 0 Å². The van der Waals surface area contributed by atoms with Gasteiger partial charge in [0.15, 0.2) is 0 Å². The summed E-state index contributed by atoms with van der Waals surface area (Å²) >= 11 is 7.48. The minimum atomic E-state index is 0.0123. The highest BCUT2D eigenvalue weighted by molar-refractivity contribution is 7.99. The maximum atomic E-state index is 12.0. The Bertz CT molecular complexity index is 654. The molecule has 128 valence electrons. The molecule has 1 amide bonds. The monoisotopic (exact) mass is 365 g/mol. The second kappa shape index (κ2) is 9.45. The molecule has 2 aromatic rings. The summed E-state index contributed by atoms with van der Waals surface area (Å²) in [4.78, 5) is 13.1. The molecule has 2 aromatic carbocycles. The minimum Gasteiger partial charge on any atom is -0.497 e. The van der Waals surface area contributed by atoms with Crippen molar-refractivity contribution < 1.29 is 14.3 Å². The minimum absolute atomic E-state index is 0.0123. The molecule has 0 saturated carbocycles. The molecule has 0 aliphatic heterocycles. The number of benzene rings is 2. The Morgan fingerprint density at radius 1 is 1.08 bits per heavy atom. The van der Waals surface area contributed by atoms with Crippen LogP contribution in [0.2, 0.25) is 5.02 Å². The largest absolute Gasteiger partial charge is 0.497 e. The van der Waals surface area contributed by atoms with Crippen molar-refractivity contribution in [3.8, 4) is 11.5 Å². The zero-order valence-electron chi connectivity index (χ0n) is 13.7. The quantitative estimate of drug-likeness (QED) is 0.714. The molecule has 0 spiro atoms. The van der Waals surface area contributed by atoms with Crippen LogP contribution < -0.4 is 14.8 Å². The zero-order valence-corrected chi connectivity index (χ0v) is 15.2. The van der Waals surface area contributed by atoms with Gasteiger partial charge in [0, 0.05) is 34.7 Å². The summed E-state index contributed by atoms with van der Waals surface area (Å²) in [5.41, 5.74) is 0.935. The maximum Gasteiger partial charge on any atom is 0.221 e. The van der Waals surface area contributed by atoms with Crippen LogP contribution in [0, 0.1) is 0 Å². The summed E-state index contributed by atoms with van der Waals surface area (Å²) in [5.74, 6) is 2.14. The Morgan fingerprint density at radius 3 is 2.29 bits per heavy atom. The fourth-order valence-corrected chi connectivity index (χ4v) is 3.03. The number of carbonyl (C=O) groups excluding carboxylic acids is 1. The number of hydrogen-bond acceptors (Lipinski definition) is 4. The van der Waals surface area contributed by atoms with E-state index in [9.17, 15) is 4.79 Å². The van der Waals surface area contributed by atoms with Crippen molar-refractivity contribution in [3.05, 3.63) is 53.1 Å². The van der Waals surface area contributed by atoms with E-state index in [-0.39, 0.29) is 5.91 Å². The topological polar surface area (TPSA) is 47.6 Å². The highest BCUT2D eigenvalue weighted by atomic mass is 35.5. The molecule has 0 bridgehead atoms. The van der Waals surface area contributed by atoms with Crippen molar-refractivity contribution in [3.63, 3.8) is 0 Å². The molecular formula is C18H20ClNO3S. The summed E-state index contributed by atoms with van der Waals surface area (Å²) < 4.78 is 10.4. The van der Waals surface area contributed by atoms with Crippen molar-refractivity contribution in [1.82, 2.24) is 5.32 Å². The predicted octanol–water partition coefficient (Wildman–Crippen LogP) is 4.16. The van der Waals surface area contributed by atoms with Gasteiger partial charge in [-0.25, -0.2) is 0 Å². The van der Waals surface area contributed by atoms with Crippen molar-refractivity contribution in [1.29, 1.82) is 0 Å². The summed E-state index contributed by atoms with van der Waals surface area (Å²) in [6.45, 7) is 0.442. The van der Waals surface area contributed by atoms with Crippen LogP contribution in [0.5, 0.6) is 11.5 Å². The van der Waals surface area contributed by atoms with Crippen LogP contribution >= 0.6 is 23.4 Å². The lowest BCUT2D eigenvalue weighted by atomic mass is 10.2. The van der Waals surface area contributed by atoms with Crippen molar-refractivity contribution in [2.24, 2.45) is 0 Å². The smallest absolute Gasteiger partial charge is 0.221 e. The van der Waals surface area contributed by atoms with Gasteiger partial charge >= 0.3 is 0 Å². The third-order valence-corrected chi connectivity index (χ3v) is 4.58. The summed E-state index contributed by atoms with van der Waals surface area (Å²) in [5, 5.41) is 3.63. The van der Waals surface area contributed by atoms with Gasteiger partial charge in [-0.1, -0.05) is 11.6 Å². The van der Waals surface area contributed by atoms with Crippen LogP contribution in [-0.4, -0.2) is 25.9 Å². The normalized spacial score (nSPS) is 10.3. The first-order chi connectivity index (χ1) is 11.6. The van der Waals surface area contributed by atoms with E-state index in [0.29, 0.717) is 29.5 Å². The van der Waals surface area contributed by atoms with Crippen molar-refractivity contribution in [2.45, 2.75) is 17.9 Å². The average molecular weight is 366 g/mol. The third-order valence-electron chi connectivity index (χ3n) is 3.31. The maximum absolute atomic E-state index is 12.0. The SMILES string of the molecule is COc1cc(CNC(=O)CCSc2ccc(Cl)cc2)cc(OC)c1. The fraction of sp³-hybridized carbons (Fsp3) is 0.278. The standard InChI is InChI=1S/C18H20ClNO3S/c1-22-15-9-13(10-16(11-15)23-2)12-20-18(21)7-8-24-17-5-3-14(19)4-6-17/h3-6,9-11H,7-8,12H2,1-2H3,(H,20,21). The first-order valence-electron chi connectivity index (χ1n) is 7.47. The molecule has 2 rings (SSSR count). The van der Waals surface area contributed by atoms with Gasteiger partial charge in [0.05, 0.1) is 14.2 Å². The summed E-state index contributed by atoms with van der Waals surface area (Å²) in [7, 11) is 3.20. The van der Waals surface area contributed by atoms with E-state index in [1.54, 1.807) is 32.0 Å². The Morgan fingerprint density at radius 2 is 1.71 bits per heavy atom. The van der Waals surface area contributed by atoms with E-state index in [2.05, 4.69) is 5.32 Å². The molecule has 24 heavy (non-hydrogen) atoms. The number of hydrogen-bond donors (Lipinski definition) is 1. The molecule has 0 aromatic heterocycles. The molecule has 6 heteroatoms. The first-order valence-corrected chi connectivity index (χ1v) is 8.84. The Balaban J connectivity index is 1.77. The number of methoxy groups -OCH3 is 2. The number of amides is 1. The highest BCUT2D eigenvalue weighted by Gasteiger charge is 2.05. The van der Waals surface area contributed by atoms with Crippen LogP contribution in [0.4, 0.5) is 0 Å². The third kappa shape index (κ3) is 5.98. The number of ether oxygens (including phenoxy) is 2. The molecular weight excluding hydrogens is 346 g/mol. The van der Waals surface area contributed by atoms with Gasteiger partial charge in [-0.05, 0) is 42.0 Å². The number of carbonyl (C=O) groups is 1. The molecule has 0 aliphatic carbocycles.